The Balaban J connectivity index is 1.54. The molecule has 2 heterocycles. The Bertz CT molecular complexity index is 643. The van der Waals surface area contributed by atoms with Gasteiger partial charge in [-0.2, -0.15) is 0 Å². The van der Waals surface area contributed by atoms with Crippen molar-refractivity contribution >= 4 is 28.2 Å². The van der Waals surface area contributed by atoms with Crippen LogP contribution >= 0.6 is 11.3 Å². The SMILES string of the molecule is O=C(O)CC1(CNC(=O)Cc2cn3ccsc3n2)CCC1. The van der Waals surface area contributed by atoms with Crippen LogP contribution in [0.4, 0.5) is 0 Å². The van der Waals surface area contributed by atoms with Crippen molar-refractivity contribution in [1.82, 2.24) is 14.7 Å². The quantitative estimate of drug-likeness (QED) is 0.851. The minimum absolute atomic E-state index is 0.0996. The second-order valence-electron chi connectivity index (χ2n) is 5.70. The molecule has 0 bridgehead atoms. The molecule has 0 saturated heterocycles. The predicted octanol–water partition coefficient (Wildman–Crippen LogP) is 1.70. The highest BCUT2D eigenvalue weighted by atomic mass is 32.1. The molecule has 1 saturated carbocycles. The largest absolute Gasteiger partial charge is 0.481 e. The summed E-state index contributed by atoms with van der Waals surface area (Å²) in [6.07, 6.45) is 6.91. The predicted molar refractivity (Wildman–Crippen MR) is 78.3 cm³/mol. The average Bonchev–Trinajstić information content (AvgIpc) is 2.92. The van der Waals surface area contributed by atoms with E-state index in [4.69, 9.17) is 5.11 Å². The Morgan fingerprint density at radius 1 is 1.48 bits per heavy atom. The Morgan fingerprint density at radius 3 is 2.90 bits per heavy atom. The summed E-state index contributed by atoms with van der Waals surface area (Å²) < 4.78 is 1.89. The van der Waals surface area contributed by atoms with Gasteiger partial charge in [0.1, 0.15) is 0 Å². The molecule has 2 aromatic rings. The van der Waals surface area contributed by atoms with Gasteiger partial charge in [0.25, 0.3) is 0 Å². The Kier molecular flexibility index (Phi) is 3.67. The number of rotatable bonds is 6. The summed E-state index contributed by atoms with van der Waals surface area (Å²) in [4.78, 5) is 28.1. The van der Waals surface area contributed by atoms with Gasteiger partial charge in [-0.3, -0.25) is 14.0 Å². The van der Waals surface area contributed by atoms with E-state index in [1.807, 2.05) is 22.2 Å². The molecule has 0 radical (unpaired) electrons. The second kappa shape index (κ2) is 5.48. The standard InChI is InChI=1S/C14H17N3O3S/c18-11(6-10-8-17-4-5-21-13(17)16-10)15-9-14(2-1-3-14)7-12(19)20/h4-5,8H,1-3,6-7,9H2,(H,15,18)(H,19,20). The van der Waals surface area contributed by atoms with Crippen molar-refractivity contribution in [3.8, 4) is 0 Å². The highest BCUT2D eigenvalue weighted by Crippen LogP contribution is 2.43. The second-order valence-corrected chi connectivity index (χ2v) is 6.58. The molecule has 0 spiro atoms. The maximum Gasteiger partial charge on any atom is 0.303 e. The van der Waals surface area contributed by atoms with E-state index in [0.717, 1.165) is 29.9 Å². The van der Waals surface area contributed by atoms with Gasteiger partial charge in [0, 0.05) is 24.3 Å². The third-order valence-electron chi connectivity index (χ3n) is 4.09. The zero-order chi connectivity index (χ0) is 14.9. The number of carbonyl (C=O) groups is 2. The third-order valence-corrected chi connectivity index (χ3v) is 4.86. The van der Waals surface area contributed by atoms with Gasteiger partial charge in [0.15, 0.2) is 4.96 Å². The molecule has 0 aliphatic heterocycles. The fraction of sp³-hybridized carbons (Fsp3) is 0.500. The maximum absolute atomic E-state index is 12.0. The van der Waals surface area contributed by atoms with Crippen LogP contribution < -0.4 is 5.32 Å². The van der Waals surface area contributed by atoms with E-state index in [1.54, 1.807) is 0 Å². The van der Waals surface area contributed by atoms with Crippen LogP contribution in [0, 0.1) is 5.41 Å². The molecule has 0 aromatic carbocycles. The first-order valence-electron chi connectivity index (χ1n) is 6.96. The average molecular weight is 307 g/mol. The summed E-state index contributed by atoms with van der Waals surface area (Å²) in [5, 5.41) is 13.8. The van der Waals surface area contributed by atoms with Crippen LogP contribution in [0.15, 0.2) is 17.8 Å². The lowest BCUT2D eigenvalue weighted by molar-refractivity contribution is -0.141. The summed E-state index contributed by atoms with van der Waals surface area (Å²) in [5.41, 5.74) is 0.496. The zero-order valence-corrected chi connectivity index (χ0v) is 12.4. The number of aliphatic carboxylic acids is 1. The first-order valence-corrected chi connectivity index (χ1v) is 7.84. The summed E-state index contributed by atoms with van der Waals surface area (Å²) >= 11 is 1.53. The molecule has 3 rings (SSSR count). The molecular weight excluding hydrogens is 290 g/mol. The molecule has 0 atom stereocenters. The Hall–Kier alpha value is -1.89. The zero-order valence-electron chi connectivity index (χ0n) is 11.5. The molecule has 2 N–H and O–H groups in total. The number of carboxylic acid groups (broad SMARTS) is 1. The Morgan fingerprint density at radius 2 is 2.29 bits per heavy atom. The fourth-order valence-corrected chi connectivity index (χ4v) is 3.51. The first kappa shape index (κ1) is 14.1. The molecular formula is C14H17N3O3S. The van der Waals surface area contributed by atoms with Gasteiger partial charge in [-0.05, 0) is 18.3 Å². The molecule has 7 heteroatoms. The van der Waals surface area contributed by atoms with Crippen molar-refractivity contribution in [2.75, 3.05) is 6.54 Å². The van der Waals surface area contributed by atoms with Crippen molar-refractivity contribution in [3.05, 3.63) is 23.5 Å². The van der Waals surface area contributed by atoms with Crippen molar-refractivity contribution in [2.24, 2.45) is 5.41 Å². The van der Waals surface area contributed by atoms with Crippen LogP contribution in [0.25, 0.3) is 4.96 Å². The van der Waals surface area contributed by atoms with Crippen molar-refractivity contribution in [1.29, 1.82) is 0 Å². The van der Waals surface area contributed by atoms with Crippen molar-refractivity contribution in [3.63, 3.8) is 0 Å². The van der Waals surface area contributed by atoms with Gasteiger partial charge >= 0.3 is 5.97 Å². The van der Waals surface area contributed by atoms with Crippen LogP contribution in [-0.2, 0) is 16.0 Å². The van der Waals surface area contributed by atoms with Gasteiger partial charge in [-0.1, -0.05) is 6.42 Å². The van der Waals surface area contributed by atoms with E-state index in [2.05, 4.69) is 10.3 Å². The van der Waals surface area contributed by atoms with Gasteiger partial charge < -0.3 is 10.4 Å². The number of aromatic nitrogens is 2. The number of amides is 1. The van der Waals surface area contributed by atoms with Gasteiger partial charge in [-0.15, -0.1) is 11.3 Å². The highest BCUT2D eigenvalue weighted by Gasteiger charge is 2.39. The molecule has 1 fully saturated rings. The monoisotopic (exact) mass is 307 g/mol. The number of carboxylic acids is 1. The number of thiazole rings is 1. The van der Waals surface area contributed by atoms with E-state index in [9.17, 15) is 9.59 Å². The molecule has 6 nitrogen and oxygen atoms in total. The van der Waals surface area contributed by atoms with E-state index < -0.39 is 5.97 Å². The highest BCUT2D eigenvalue weighted by molar-refractivity contribution is 7.15. The van der Waals surface area contributed by atoms with Crippen LogP contribution in [0.2, 0.25) is 0 Å². The number of fused-ring (bicyclic) bond motifs is 1. The lowest BCUT2D eigenvalue weighted by atomic mass is 9.66. The molecule has 0 unspecified atom stereocenters. The Labute approximate surface area is 125 Å². The van der Waals surface area contributed by atoms with Crippen molar-refractivity contribution < 1.29 is 14.7 Å². The van der Waals surface area contributed by atoms with E-state index in [-0.39, 0.29) is 24.2 Å². The van der Waals surface area contributed by atoms with Gasteiger partial charge in [-0.25, -0.2) is 4.98 Å². The number of nitrogens with zero attached hydrogens (tertiary/aromatic N) is 2. The molecule has 1 aliphatic rings. The lowest BCUT2D eigenvalue weighted by Gasteiger charge is -2.40. The summed E-state index contributed by atoms with van der Waals surface area (Å²) in [7, 11) is 0. The normalized spacial score (nSPS) is 16.6. The minimum Gasteiger partial charge on any atom is -0.481 e. The molecule has 21 heavy (non-hydrogen) atoms. The summed E-state index contributed by atoms with van der Waals surface area (Å²) in [5.74, 6) is -0.893. The molecule has 1 amide bonds. The molecule has 2 aromatic heterocycles. The third kappa shape index (κ3) is 3.07. The molecule has 1 aliphatic carbocycles. The number of carbonyl (C=O) groups excluding carboxylic acids is 1. The maximum atomic E-state index is 12.0. The van der Waals surface area contributed by atoms with Gasteiger partial charge in [0.05, 0.1) is 18.5 Å². The smallest absolute Gasteiger partial charge is 0.303 e. The van der Waals surface area contributed by atoms with Crippen LogP contribution in [0.5, 0.6) is 0 Å². The van der Waals surface area contributed by atoms with E-state index in [1.165, 1.54) is 11.3 Å². The van der Waals surface area contributed by atoms with E-state index in [0.29, 0.717) is 6.54 Å². The number of nitrogens with one attached hydrogen (secondary N) is 1. The number of imidazole rings is 1. The van der Waals surface area contributed by atoms with Crippen LogP contribution in [0.1, 0.15) is 31.4 Å². The van der Waals surface area contributed by atoms with Gasteiger partial charge in [0.2, 0.25) is 5.91 Å². The topological polar surface area (TPSA) is 83.7 Å². The van der Waals surface area contributed by atoms with E-state index >= 15 is 0 Å². The first-order chi connectivity index (χ1) is 10.1. The van der Waals surface area contributed by atoms with Crippen molar-refractivity contribution in [2.45, 2.75) is 32.1 Å². The molecule has 112 valence electrons. The summed E-state index contributed by atoms with van der Waals surface area (Å²) in [6, 6.07) is 0. The minimum atomic E-state index is -0.793. The lowest BCUT2D eigenvalue weighted by Crippen LogP contribution is -2.43. The number of hydrogen-bond donors (Lipinski definition) is 2. The van der Waals surface area contributed by atoms with Crippen LogP contribution in [0.3, 0.4) is 0 Å². The van der Waals surface area contributed by atoms with Crippen LogP contribution in [-0.4, -0.2) is 32.9 Å². The number of hydrogen-bond acceptors (Lipinski definition) is 4. The fourth-order valence-electron chi connectivity index (χ4n) is 2.79. The summed E-state index contributed by atoms with van der Waals surface area (Å²) in [6.45, 7) is 0.445.